The molecular formula is C19H26N2O3. The van der Waals surface area contributed by atoms with Gasteiger partial charge < -0.3 is 15.3 Å². The summed E-state index contributed by atoms with van der Waals surface area (Å²) in [6.07, 6.45) is 0. The Morgan fingerprint density at radius 3 is 1.79 bits per heavy atom. The fraction of sp³-hybridized carbons (Fsp3) is 0.368. The van der Waals surface area contributed by atoms with Gasteiger partial charge in [0.2, 0.25) is 0 Å². The second-order valence-corrected chi connectivity index (χ2v) is 5.94. The fourth-order valence-corrected chi connectivity index (χ4v) is 2.60. The Labute approximate surface area is 143 Å². The quantitative estimate of drug-likeness (QED) is 0.613. The van der Waals surface area contributed by atoms with Gasteiger partial charge in [-0.1, -0.05) is 42.5 Å². The smallest absolute Gasteiger partial charge is 0.120 e. The number of aryl methyl sites for hydroxylation is 1. The maximum atomic E-state index is 9.85. The lowest BCUT2D eigenvalue weighted by Crippen LogP contribution is -2.35. The Balaban J connectivity index is 1.91. The first-order chi connectivity index (χ1) is 11.6. The van der Waals surface area contributed by atoms with Gasteiger partial charge in [0.05, 0.1) is 13.5 Å². The van der Waals surface area contributed by atoms with Crippen LogP contribution in [0.5, 0.6) is 5.75 Å². The van der Waals surface area contributed by atoms with Crippen LogP contribution in [0.2, 0.25) is 0 Å². The zero-order chi connectivity index (χ0) is 17.4. The number of para-hydroxylation sites is 1. The number of hydrogen-bond acceptors (Lipinski definition) is 5. The first kappa shape index (κ1) is 18.4. The molecule has 0 atom stereocenters. The van der Waals surface area contributed by atoms with E-state index in [0.717, 1.165) is 5.56 Å². The van der Waals surface area contributed by atoms with Crippen LogP contribution in [0.4, 0.5) is 0 Å². The molecule has 2 aromatic carbocycles. The van der Waals surface area contributed by atoms with Crippen molar-refractivity contribution in [2.75, 3.05) is 26.6 Å². The minimum atomic E-state index is -0.0992. The van der Waals surface area contributed by atoms with E-state index in [0.29, 0.717) is 26.2 Å². The molecule has 0 saturated heterocycles. The number of aliphatic hydroxyl groups is 2. The number of phenolic OH excluding ortho intramolecular Hbond substituents is 1. The molecule has 0 saturated carbocycles. The van der Waals surface area contributed by atoms with E-state index in [1.54, 1.807) is 12.1 Å². The minimum absolute atomic E-state index is 0.0375. The van der Waals surface area contributed by atoms with Crippen molar-refractivity contribution in [1.29, 1.82) is 0 Å². The van der Waals surface area contributed by atoms with Crippen molar-refractivity contribution in [1.82, 2.24) is 9.80 Å². The highest BCUT2D eigenvalue weighted by Gasteiger charge is 2.11. The molecule has 0 aliphatic carbocycles. The SMILES string of the molecule is Cc1ccccc1CN(CO)CCN(CO)Cc1ccccc1O. The van der Waals surface area contributed by atoms with Crippen LogP contribution in [0.1, 0.15) is 16.7 Å². The number of rotatable bonds is 9. The summed E-state index contributed by atoms with van der Waals surface area (Å²) in [6.45, 7) is 4.27. The van der Waals surface area contributed by atoms with Gasteiger partial charge in [0.25, 0.3) is 0 Å². The van der Waals surface area contributed by atoms with Gasteiger partial charge in [0, 0.05) is 31.7 Å². The van der Waals surface area contributed by atoms with E-state index in [1.165, 1.54) is 11.1 Å². The third-order valence-electron chi connectivity index (χ3n) is 4.17. The number of nitrogens with zero attached hydrogens (tertiary/aromatic N) is 2. The molecule has 5 heteroatoms. The third-order valence-corrected chi connectivity index (χ3v) is 4.17. The number of phenols is 1. The molecule has 0 bridgehead atoms. The first-order valence-corrected chi connectivity index (χ1v) is 8.12. The van der Waals surface area contributed by atoms with Gasteiger partial charge in [-0.15, -0.1) is 0 Å². The van der Waals surface area contributed by atoms with Crippen molar-refractivity contribution >= 4 is 0 Å². The fourth-order valence-electron chi connectivity index (χ4n) is 2.60. The summed E-state index contributed by atoms with van der Waals surface area (Å²) in [6, 6.07) is 15.2. The molecule has 0 aromatic heterocycles. The van der Waals surface area contributed by atoms with Crippen LogP contribution in [0, 0.1) is 6.92 Å². The molecule has 0 amide bonds. The lowest BCUT2D eigenvalue weighted by molar-refractivity contribution is 0.0566. The highest BCUT2D eigenvalue weighted by Crippen LogP contribution is 2.17. The van der Waals surface area contributed by atoms with E-state index >= 15 is 0 Å². The molecule has 0 heterocycles. The van der Waals surface area contributed by atoms with E-state index in [9.17, 15) is 15.3 Å². The lowest BCUT2D eigenvalue weighted by atomic mass is 10.1. The van der Waals surface area contributed by atoms with Crippen LogP contribution in [0.25, 0.3) is 0 Å². The Kier molecular flexibility index (Phi) is 7.21. The van der Waals surface area contributed by atoms with Crippen molar-refractivity contribution in [3.05, 3.63) is 65.2 Å². The minimum Gasteiger partial charge on any atom is -0.508 e. The molecular weight excluding hydrogens is 304 g/mol. The van der Waals surface area contributed by atoms with E-state index in [-0.39, 0.29) is 19.2 Å². The second-order valence-electron chi connectivity index (χ2n) is 5.94. The molecule has 0 aliphatic heterocycles. The molecule has 0 spiro atoms. The lowest BCUT2D eigenvalue weighted by Gasteiger charge is -2.25. The molecule has 0 radical (unpaired) electrons. The summed E-state index contributed by atoms with van der Waals surface area (Å²) in [5.74, 6) is 0.231. The number of benzene rings is 2. The van der Waals surface area contributed by atoms with Crippen LogP contribution in [-0.4, -0.2) is 51.7 Å². The molecule has 2 rings (SSSR count). The van der Waals surface area contributed by atoms with Crippen molar-refractivity contribution in [3.8, 4) is 5.75 Å². The topological polar surface area (TPSA) is 67.2 Å². The monoisotopic (exact) mass is 330 g/mol. The molecule has 0 unspecified atom stereocenters. The van der Waals surface area contributed by atoms with Crippen LogP contribution >= 0.6 is 0 Å². The van der Waals surface area contributed by atoms with Gasteiger partial charge in [0.15, 0.2) is 0 Å². The molecule has 130 valence electrons. The molecule has 24 heavy (non-hydrogen) atoms. The van der Waals surface area contributed by atoms with Crippen molar-refractivity contribution in [2.45, 2.75) is 20.0 Å². The average Bonchev–Trinajstić information content (AvgIpc) is 2.60. The summed E-state index contributed by atoms with van der Waals surface area (Å²) in [4.78, 5) is 3.76. The summed E-state index contributed by atoms with van der Waals surface area (Å²) in [5.41, 5.74) is 3.16. The summed E-state index contributed by atoms with van der Waals surface area (Å²) in [5, 5.41) is 29.0. The van der Waals surface area contributed by atoms with Crippen LogP contribution < -0.4 is 0 Å². The highest BCUT2D eigenvalue weighted by molar-refractivity contribution is 5.31. The van der Waals surface area contributed by atoms with Crippen LogP contribution in [0.15, 0.2) is 48.5 Å². The molecule has 0 fully saturated rings. The van der Waals surface area contributed by atoms with Gasteiger partial charge in [-0.05, 0) is 24.1 Å². The van der Waals surface area contributed by atoms with Crippen LogP contribution in [-0.2, 0) is 13.1 Å². The Hall–Kier alpha value is -1.92. The molecule has 3 N–H and O–H groups in total. The van der Waals surface area contributed by atoms with Gasteiger partial charge in [-0.3, -0.25) is 9.80 Å². The number of aliphatic hydroxyl groups excluding tert-OH is 2. The summed E-state index contributed by atoms with van der Waals surface area (Å²) < 4.78 is 0. The van der Waals surface area contributed by atoms with Gasteiger partial charge in [-0.25, -0.2) is 0 Å². The summed E-state index contributed by atoms with van der Waals surface area (Å²) in [7, 11) is 0. The molecule has 0 aliphatic rings. The number of hydrogen-bond donors (Lipinski definition) is 3. The molecule has 5 nitrogen and oxygen atoms in total. The Morgan fingerprint density at radius 2 is 1.25 bits per heavy atom. The normalized spacial score (nSPS) is 11.4. The Morgan fingerprint density at radius 1 is 0.750 bits per heavy atom. The van der Waals surface area contributed by atoms with Crippen molar-refractivity contribution < 1.29 is 15.3 Å². The first-order valence-electron chi connectivity index (χ1n) is 8.12. The predicted octanol–water partition coefficient (Wildman–Crippen LogP) is 1.90. The maximum Gasteiger partial charge on any atom is 0.120 e. The molecule has 2 aromatic rings. The van der Waals surface area contributed by atoms with E-state index in [4.69, 9.17) is 0 Å². The predicted molar refractivity (Wildman–Crippen MR) is 94.3 cm³/mol. The van der Waals surface area contributed by atoms with Crippen molar-refractivity contribution in [2.24, 2.45) is 0 Å². The largest absolute Gasteiger partial charge is 0.508 e. The zero-order valence-corrected chi connectivity index (χ0v) is 14.1. The number of aromatic hydroxyl groups is 1. The summed E-state index contributed by atoms with van der Waals surface area (Å²) >= 11 is 0. The van der Waals surface area contributed by atoms with E-state index < -0.39 is 0 Å². The van der Waals surface area contributed by atoms with Gasteiger partial charge in [0.1, 0.15) is 5.75 Å². The second kappa shape index (κ2) is 9.39. The van der Waals surface area contributed by atoms with Gasteiger partial charge in [-0.2, -0.15) is 0 Å². The van der Waals surface area contributed by atoms with Crippen molar-refractivity contribution in [3.63, 3.8) is 0 Å². The zero-order valence-electron chi connectivity index (χ0n) is 14.1. The van der Waals surface area contributed by atoms with E-state index in [2.05, 4.69) is 19.1 Å². The maximum absolute atomic E-state index is 9.85. The Bertz CT molecular complexity index is 578. The standard InChI is InChI=1S/C19H26N2O3/c1-16-6-2-3-7-17(16)12-20(14-22)10-11-21(15-23)13-18-8-4-5-9-19(18)24/h2-9,22-24H,10-15H2,1H3. The third kappa shape index (κ3) is 5.32. The average molecular weight is 330 g/mol. The van der Waals surface area contributed by atoms with Gasteiger partial charge >= 0.3 is 0 Å². The van der Waals surface area contributed by atoms with Crippen LogP contribution in [0.3, 0.4) is 0 Å². The highest BCUT2D eigenvalue weighted by atomic mass is 16.3. The van der Waals surface area contributed by atoms with E-state index in [1.807, 2.05) is 34.1 Å².